The number of hydrogen-bond donors (Lipinski definition) is 1. The van der Waals surface area contributed by atoms with E-state index in [0.717, 1.165) is 16.9 Å². The molecule has 0 aliphatic rings. The van der Waals surface area contributed by atoms with Crippen LogP contribution in [0.15, 0.2) is 82.6 Å². The summed E-state index contributed by atoms with van der Waals surface area (Å²) in [7, 11) is 0.151. The molecule has 0 fully saturated rings. The number of anilines is 2. The number of aromatic amines is 1. The molecule has 0 saturated carbocycles. The van der Waals surface area contributed by atoms with Crippen molar-refractivity contribution >= 4 is 21.4 Å². The molecule has 2 aromatic carbocycles. The van der Waals surface area contributed by atoms with Crippen LogP contribution in [0.3, 0.4) is 0 Å². The Morgan fingerprint density at radius 2 is 1.69 bits per heavy atom. The van der Waals surface area contributed by atoms with E-state index < -0.39 is 10.0 Å². The molecule has 0 aliphatic carbocycles. The van der Waals surface area contributed by atoms with Crippen molar-refractivity contribution in [1.82, 2.24) is 14.8 Å². The number of sulfonamides is 1. The van der Waals surface area contributed by atoms with Crippen molar-refractivity contribution in [3.05, 3.63) is 100 Å². The number of para-hydroxylation sites is 1. The van der Waals surface area contributed by atoms with E-state index in [9.17, 15) is 13.2 Å². The molecule has 9 heteroatoms. The minimum Gasteiger partial charge on any atom is -0.378 e. The summed E-state index contributed by atoms with van der Waals surface area (Å²) in [4.78, 5) is 19.6. The van der Waals surface area contributed by atoms with Gasteiger partial charge in [-0.2, -0.15) is 0 Å². The Balaban J connectivity index is 1.63. The highest BCUT2D eigenvalue weighted by Crippen LogP contribution is 2.23. The summed E-state index contributed by atoms with van der Waals surface area (Å²) < 4.78 is 29.1. The van der Waals surface area contributed by atoms with Crippen LogP contribution in [0.2, 0.25) is 0 Å². The van der Waals surface area contributed by atoms with Gasteiger partial charge in [0.2, 0.25) is 0 Å². The van der Waals surface area contributed by atoms with Crippen LogP contribution in [0.1, 0.15) is 23.7 Å². The number of nitrogens with zero attached hydrogens (tertiary/aromatic N) is 4. The summed E-state index contributed by atoms with van der Waals surface area (Å²) in [6.07, 6.45) is 1.77. The molecule has 1 N–H and O–H groups in total. The van der Waals surface area contributed by atoms with E-state index in [1.165, 1.54) is 21.3 Å². The number of pyridine rings is 1. The van der Waals surface area contributed by atoms with Crippen LogP contribution in [-0.2, 0) is 16.4 Å². The van der Waals surface area contributed by atoms with Gasteiger partial charge in [0, 0.05) is 50.2 Å². The lowest BCUT2D eigenvalue weighted by atomic mass is 10.0. The molecule has 4 rings (SSSR count). The highest BCUT2D eigenvalue weighted by molar-refractivity contribution is 7.92. The summed E-state index contributed by atoms with van der Waals surface area (Å²) in [6, 6.07) is 20.0. The Bertz CT molecular complexity index is 1470. The second kappa shape index (κ2) is 9.79. The van der Waals surface area contributed by atoms with Gasteiger partial charge >= 0.3 is 0 Å². The molecular formula is C26H29N5O3S. The van der Waals surface area contributed by atoms with E-state index in [2.05, 4.69) is 16.1 Å². The first-order valence-electron chi connectivity index (χ1n) is 11.3. The first kappa shape index (κ1) is 24.3. The second-order valence-electron chi connectivity index (χ2n) is 8.45. The third kappa shape index (κ3) is 4.85. The lowest BCUT2D eigenvalue weighted by Crippen LogP contribution is -2.30. The Labute approximate surface area is 205 Å². The number of rotatable bonds is 8. The van der Waals surface area contributed by atoms with Crippen molar-refractivity contribution in [1.29, 1.82) is 0 Å². The van der Waals surface area contributed by atoms with Crippen molar-refractivity contribution in [2.75, 3.05) is 29.8 Å². The molecule has 0 spiro atoms. The fraction of sp³-hybridized carbons (Fsp3) is 0.231. The summed E-state index contributed by atoms with van der Waals surface area (Å²) in [6.45, 7) is 3.91. The van der Waals surface area contributed by atoms with Crippen LogP contribution in [0, 0.1) is 6.92 Å². The molecular weight excluding hydrogens is 462 g/mol. The van der Waals surface area contributed by atoms with E-state index in [-0.39, 0.29) is 17.0 Å². The average molecular weight is 492 g/mol. The number of aryl methyl sites for hydroxylation is 1. The second-order valence-corrected chi connectivity index (χ2v) is 10.3. The van der Waals surface area contributed by atoms with Gasteiger partial charge in [-0.3, -0.25) is 14.2 Å². The van der Waals surface area contributed by atoms with Gasteiger partial charge in [0.15, 0.2) is 5.82 Å². The van der Waals surface area contributed by atoms with Crippen molar-refractivity contribution in [2.24, 2.45) is 0 Å². The average Bonchev–Trinajstić information content (AvgIpc) is 3.13. The number of H-pyrrole nitrogens is 1. The van der Waals surface area contributed by atoms with E-state index >= 15 is 0 Å². The fourth-order valence-corrected chi connectivity index (χ4v) is 5.39. The van der Waals surface area contributed by atoms with Gasteiger partial charge in [0.1, 0.15) is 4.90 Å². The van der Waals surface area contributed by atoms with Gasteiger partial charge in [0.05, 0.1) is 5.69 Å². The third-order valence-electron chi connectivity index (χ3n) is 5.87. The Morgan fingerprint density at radius 1 is 0.971 bits per heavy atom. The fourth-order valence-electron chi connectivity index (χ4n) is 3.97. The molecule has 4 aromatic rings. The highest BCUT2D eigenvalue weighted by Gasteiger charge is 2.24. The van der Waals surface area contributed by atoms with Gasteiger partial charge in [0.25, 0.3) is 15.6 Å². The maximum atomic E-state index is 13.2. The first-order valence-corrected chi connectivity index (χ1v) is 12.8. The highest BCUT2D eigenvalue weighted by atomic mass is 32.2. The lowest BCUT2D eigenvalue weighted by molar-refractivity contribution is 0.591. The van der Waals surface area contributed by atoms with Gasteiger partial charge in [-0.25, -0.2) is 18.1 Å². The minimum absolute atomic E-state index is 0.0593. The summed E-state index contributed by atoms with van der Waals surface area (Å²) in [5.41, 5.74) is 3.84. The number of benzene rings is 2. The minimum atomic E-state index is -3.80. The third-order valence-corrected chi connectivity index (χ3v) is 7.76. The van der Waals surface area contributed by atoms with Crippen LogP contribution in [0.5, 0.6) is 0 Å². The quantitative estimate of drug-likeness (QED) is 0.405. The van der Waals surface area contributed by atoms with E-state index in [0.29, 0.717) is 23.5 Å². The normalized spacial score (nSPS) is 11.4. The van der Waals surface area contributed by atoms with Crippen molar-refractivity contribution in [3.63, 3.8) is 0 Å². The molecule has 35 heavy (non-hydrogen) atoms. The van der Waals surface area contributed by atoms with Crippen LogP contribution in [0.4, 0.5) is 11.4 Å². The maximum Gasteiger partial charge on any atom is 0.276 e. The first-order chi connectivity index (χ1) is 16.7. The van der Waals surface area contributed by atoms with Crippen molar-refractivity contribution < 1.29 is 8.42 Å². The molecule has 0 amide bonds. The zero-order valence-corrected chi connectivity index (χ0v) is 21.1. The smallest absolute Gasteiger partial charge is 0.276 e. The van der Waals surface area contributed by atoms with Gasteiger partial charge in [-0.05, 0) is 55.8 Å². The van der Waals surface area contributed by atoms with Gasteiger partial charge in [-0.15, -0.1) is 0 Å². The zero-order valence-electron chi connectivity index (χ0n) is 20.3. The molecule has 0 bridgehead atoms. The zero-order chi connectivity index (χ0) is 25.2. The summed E-state index contributed by atoms with van der Waals surface area (Å²) >= 11 is 0. The van der Waals surface area contributed by atoms with E-state index in [1.807, 2.05) is 50.2 Å². The van der Waals surface area contributed by atoms with Gasteiger partial charge < -0.3 is 4.90 Å². The predicted octanol–water partition coefficient (Wildman–Crippen LogP) is 3.74. The van der Waals surface area contributed by atoms with Crippen LogP contribution < -0.4 is 14.8 Å². The molecule has 0 atom stereocenters. The summed E-state index contributed by atoms with van der Waals surface area (Å²) in [5.74, 6) is 0.327. The van der Waals surface area contributed by atoms with Crippen LogP contribution in [-0.4, -0.2) is 43.8 Å². The van der Waals surface area contributed by atoms with E-state index in [4.69, 9.17) is 0 Å². The number of nitrogens with one attached hydrogen (secondary N) is 1. The van der Waals surface area contributed by atoms with Crippen molar-refractivity contribution in [2.45, 2.75) is 25.2 Å². The molecule has 8 nitrogen and oxygen atoms in total. The van der Waals surface area contributed by atoms with Crippen LogP contribution in [0.25, 0.3) is 5.82 Å². The number of aromatic nitrogens is 3. The molecule has 2 heterocycles. The number of hydrogen-bond acceptors (Lipinski definition) is 5. The summed E-state index contributed by atoms with van der Waals surface area (Å²) in [5, 5.41) is 3.08. The molecule has 0 saturated heterocycles. The largest absolute Gasteiger partial charge is 0.378 e. The van der Waals surface area contributed by atoms with Crippen LogP contribution >= 0.6 is 0 Å². The van der Waals surface area contributed by atoms with E-state index in [1.54, 1.807) is 37.3 Å². The topological polar surface area (TPSA) is 91.3 Å². The lowest BCUT2D eigenvalue weighted by Gasteiger charge is -2.22. The Kier molecular flexibility index (Phi) is 6.79. The standard InChI is InChI=1S/C26H29N5O3S/c1-5-30(21-11-7-6-8-12-21)35(33,34)23-14-15-25(27-18-23)31-26(32)24(19(2)28-31)17-20-10-9-13-22(16-20)29(3)4/h6-16,18,28H,5,17H2,1-4H3. The SMILES string of the molecule is CCN(c1ccccc1)S(=O)(=O)c1ccc(-n2[nH]c(C)c(Cc3cccc(N(C)C)c3)c2=O)nc1. The Morgan fingerprint density at radius 3 is 2.31 bits per heavy atom. The van der Waals surface area contributed by atoms with Crippen molar-refractivity contribution in [3.8, 4) is 5.82 Å². The maximum absolute atomic E-state index is 13.2. The monoisotopic (exact) mass is 491 g/mol. The molecule has 0 unspecified atom stereocenters. The predicted molar refractivity (Wildman–Crippen MR) is 139 cm³/mol. The Hall–Kier alpha value is -3.85. The molecule has 2 aromatic heterocycles. The molecule has 0 aliphatic heterocycles. The van der Waals surface area contributed by atoms with Gasteiger partial charge in [-0.1, -0.05) is 30.3 Å². The molecule has 0 radical (unpaired) electrons. The molecule has 182 valence electrons.